The molecule has 0 aliphatic carbocycles. The zero-order chi connectivity index (χ0) is 15.7. The topological polar surface area (TPSA) is 76.4 Å². The first-order valence-corrected chi connectivity index (χ1v) is 8.99. The average molecular weight is 310 g/mol. The summed E-state index contributed by atoms with van der Waals surface area (Å²) < 4.78 is 24.0. The number of sulfone groups is 1. The van der Waals surface area contributed by atoms with E-state index in [2.05, 4.69) is 36.2 Å². The zero-order valence-electron chi connectivity index (χ0n) is 12.9. The highest BCUT2D eigenvalue weighted by atomic mass is 32.2. The van der Waals surface area contributed by atoms with Gasteiger partial charge in [-0.25, -0.2) is 17.9 Å². The molecule has 0 saturated carbocycles. The normalized spacial score (nSPS) is 12.8. The van der Waals surface area contributed by atoms with Crippen LogP contribution in [0.5, 0.6) is 0 Å². The predicted octanol–water partition coefficient (Wildman–Crippen LogP) is 1.87. The quantitative estimate of drug-likeness (QED) is 0.853. The van der Waals surface area contributed by atoms with E-state index < -0.39 is 9.84 Å². The Hall–Kier alpha value is -1.63. The summed E-state index contributed by atoms with van der Waals surface area (Å²) in [7, 11) is -2.91. The summed E-state index contributed by atoms with van der Waals surface area (Å²) in [6.45, 7) is 6.90. The Morgan fingerprint density at radius 3 is 2.67 bits per heavy atom. The Morgan fingerprint density at radius 1 is 1.33 bits per heavy atom. The summed E-state index contributed by atoms with van der Waals surface area (Å²) in [5, 5.41) is 7.74. The van der Waals surface area contributed by atoms with Gasteiger partial charge in [-0.2, -0.15) is 5.10 Å². The van der Waals surface area contributed by atoms with Gasteiger partial charge in [0.2, 0.25) is 0 Å². The molecule has 2 aromatic rings. The van der Waals surface area contributed by atoms with Crippen molar-refractivity contribution in [1.82, 2.24) is 14.6 Å². The first-order valence-electron chi connectivity index (χ1n) is 6.93. The van der Waals surface area contributed by atoms with Crippen LogP contribution in [-0.4, -0.2) is 41.6 Å². The van der Waals surface area contributed by atoms with Crippen LogP contribution < -0.4 is 5.32 Å². The molecule has 0 aliphatic rings. The number of nitrogens with zero attached hydrogens (tertiary/aromatic N) is 3. The maximum atomic E-state index is 11.1. The molecule has 0 unspecified atom stereocenters. The molecule has 116 valence electrons. The van der Waals surface area contributed by atoms with Crippen molar-refractivity contribution in [2.45, 2.75) is 32.6 Å². The van der Waals surface area contributed by atoms with Crippen LogP contribution in [-0.2, 0) is 15.3 Å². The lowest BCUT2D eigenvalue weighted by atomic mass is 9.92. The van der Waals surface area contributed by atoms with Crippen LogP contribution in [0.2, 0.25) is 0 Å². The van der Waals surface area contributed by atoms with Crippen molar-refractivity contribution in [3.8, 4) is 0 Å². The molecule has 0 spiro atoms. The number of anilines is 1. The Labute approximate surface area is 125 Å². The fraction of sp³-hybridized carbons (Fsp3) is 0.571. The Kier molecular flexibility index (Phi) is 4.22. The fourth-order valence-electron chi connectivity index (χ4n) is 1.97. The van der Waals surface area contributed by atoms with Gasteiger partial charge in [0.15, 0.2) is 5.82 Å². The molecule has 0 aliphatic heterocycles. The van der Waals surface area contributed by atoms with Crippen molar-refractivity contribution < 1.29 is 8.42 Å². The second-order valence-corrected chi connectivity index (χ2v) is 8.56. The summed E-state index contributed by atoms with van der Waals surface area (Å²) in [6, 6.07) is 2.02. The van der Waals surface area contributed by atoms with E-state index in [0.717, 1.165) is 17.0 Å². The Bertz CT molecular complexity index is 729. The van der Waals surface area contributed by atoms with Gasteiger partial charge in [0.05, 0.1) is 11.4 Å². The van der Waals surface area contributed by atoms with Crippen molar-refractivity contribution in [3.05, 3.63) is 24.2 Å². The molecule has 2 aromatic heterocycles. The highest BCUT2D eigenvalue weighted by molar-refractivity contribution is 7.90. The van der Waals surface area contributed by atoms with Crippen molar-refractivity contribution in [3.63, 3.8) is 0 Å². The van der Waals surface area contributed by atoms with E-state index in [1.165, 1.54) is 6.26 Å². The van der Waals surface area contributed by atoms with Gasteiger partial charge in [0.1, 0.15) is 15.4 Å². The first kappa shape index (κ1) is 15.8. The Morgan fingerprint density at radius 2 is 2.05 bits per heavy atom. The number of hydrogen-bond acceptors (Lipinski definition) is 5. The van der Waals surface area contributed by atoms with Gasteiger partial charge in [0.25, 0.3) is 0 Å². The molecule has 0 atom stereocenters. The lowest BCUT2D eigenvalue weighted by Crippen LogP contribution is -2.11. The van der Waals surface area contributed by atoms with E-state index >= 15 is 0 Å². The fourth-order valence-corrected chi connectivity index (χ4v) is 2.63. The lowest BCUT2D eigenvalue weighted by Gasteiger charge is -2.13. The number of nitrogens with one attached hydrogen (secondary N) is 1. The van der Waals surface area contributed by atoms with Crippen LogP contribution >= 0.6 is 0 Å². The summed E-state index contributed by atoms with van der Waals surface area (Å²) in [5.41, 5.74) is 1.87. The van der Waals surface area contributed by atoms with Gasteiger partial charge >= 0.3 is 0 Å². The number of hydrogen-bond donors (Lipinski definition) is 1. The van der Waals surface area contributed by atoms with Crippen LogP contribution in [0.4, 0.5) is 5.82 Å². The molecule has 7 heteroatoms. The highest BCUT2D eigenvalue weighted by Crippen LogP contribution is 2.24. The van der Waals surface area contributed by atoms with Gasteiger partial charge in [-0.05, 0) is 12.5 Å². The molecule has 0 bridgehead atoms. The molecule has 0 amide bonds. The molecule has 0 fully saturated rings. The molecule has 2 rings (SSSR count). The second-order valence-electron chi connectivity index (χ2n) is 6.30. The molecule has 6 nitrogen and oxygen atoms in total. The highest BCUT2D eigenvalue weighted by Gasteiger charge is 2.18. The molecular formula is C14H22N4O2S. The van der Waals surface area contributed by atoms with Crippen LogP contribution in [0.15, 0.2) is 18.5 Å². The van der Waals surface area contributed by atoms with Crippen LogP contribution in [0.3, 0.4) is 0 Å². The number of fused-ring (bicyclic) bond motifs is 1. The van der Waals surface area contributed by atoms with E-state index in [1.807, 2.05) is 12.3 Å². The van der Waals surface area contributed by atoms with Crippen molar-refractivity contribution >= 4 is 21.2 Å². The first-order chi connectivity index (χ1) is 9.67. The third kappa shape index (κ3) is 4.17. The smallest absolute Gasteiger partial charge is 0.152 e. The second kappa shape index (κ2) is 5.63. The largest absolute Gasteiger partial charge is 0.368 e. The predicted molar refractivity (Wildman–Crippen MR) is 84.5 cm³/mol. The number of rotatable bonds is 5. The van der Waals surface area contributed by atoms with E-state index in [1.54, 1.807) is 10.7 Å². The SMILES string of the molecule is CC(C)(C)c1cc2c(NCCCS(C)(=O)=O)nccn2n1. The maximum absolute atomic E-state index is 11.1. The summed E-state index contributed by atoms with van der Waals surface area (Å²) in [4.78, 5) is 4.31. The average Bonchev–Trinajstić information content (AvgIpc) is 2.77. The molecule has 0 radical (unpaired) electrons. The van der Waals surface area contributed by atoms with Crippen LogP contribution in [0, 0.1) is 0 Å². The minimum absolute atomic E-state index is 0.0282. The Balaban J connectivity index is 2.15. The summed E-state index contributed by atoms with van der Waals surface area (Å²) in [6.07, 6.45) is 5.30. The lowest BCUT2D eigenvalue weighted by molar-refractivity contribution is 0.562. The van der Waals surface area contributed by atoms with E-state index in [-0.39, 0.29) is 11.2 Å². The summed E-state index contributed by atoms with van der Waals surface area (Å²) in [5.74, 6) is 0.907. The van der Waals surface area contributed by atoms with Gasteiger partial charge in [-0.15, -0.1) is 0 Å². The molecular weight excluding hydrogens is 288 g/mol. The number of aromatic nitrogens is 3. The minimum atomic E-state index is -2.91. The molecule has 2 heterocycles. The van der Waals surface area contributed by atoms with Crippen LogP contribution in [0.1, 0.15) is 32.9 Å². The maximum Gasteiger partial charge on any atom is 0.152 e. The van der Waals surface area contributed by atoms with E-state index in [4.69, 9.17) is 0 Å². The summed E-state index contributed by atoms with van der Waals surface area (Å²) >= 11 is 0. The van der Waals surface area contributed by atoms with Gasteiger partial charge in [0, 0.05) is 30.6 Å². The van der Waals surface area contributed by atoms with Gasteiger partial charge in [-0.3, -0.25) is 0 Å². The van der Waals surface area contributed by atoms with Crippen LogP contribution in [0.25, 0.3) is 5.52 Å². The van der Waals surface area contributed by atoms with Gasteiger partial charge < -0.3 is 5.32 Å². The van der Waals surface area contributed by atoms with Crippen molar-refractivity contribution in [1.29, 1.82) is 0 Å². The third-order valence-corrected chi connectivity index (χ3v) is 4.17. The molecule has 1 N–H and O–H groups in total. The van der Waals surface area contributed by atoms with Gasteiger partial charge in [-0.1, -0.05) is 20.8 Å². The zero-order valence-corrected chi connectivity index (χ0v) is 13.7. The van der Waals surface area contributed by atoms with Crippen molar-refractivity contribution in [2.24, 2.45) is 0 Å². The minimum Gasteiger partial charge on any atom is -0.368 e. The monoisotopic (exact) mass is 310 g/mol. The third-order valence-electron chi connectivity index (χ3n) is 3.14. The standard InChI is InChI=1S/C14H22N4O2S/c1-14(2,3)12-10-11-13(16-7-8-18(11)17-12)15-6-5-9-21(4,19)20/h7-8,10H,5-6,9H2,1-4H3,(H,15,16). The van der Waals surface area contributed by atoms with Crippen molar-refractivity contribution in [2.75, 3.05) is 23.9 Å². The molecule has 0 saturated heterocycles. The van der Waals surface area contributed by atoms with E-state index in [9.17, 15) is 8.42 Å². The molecule has 21 heavy (non-hydrogen) atoms. The molecule has 0 aromatic carbocycles. The van der Waals surface area contributed by atoms with E-state index in [0.29, 0.717) is 13.0 Å².